The Balaban J connectivity index is 1.32. The lowest BCUT2D eigenvalue weighted by Gasteiger charge is -2.34. The molecule has 0 radical (unpaired) electrons. The molecule has 1 saturated heterocycles. The molecule has 2 aromatic heterocycles. The van der Waals surface area contributed by atoms with Gasteiger partial charge >= 0.3 is 0 Å². The number of piperazine rings is 1. The summed E-state index contributed by atoms with van der Waals surface area (Å²) in [6.07, 6.45) is 7.04. The van der Waals surface area contributed by atoms with Gasteiger partial charge in [-0.05, 0) is 29.8 Å². The largest absolute Gasteiger partial charge is 0.457 e. The predicted molar refractivity (Wildman–Crippen MR) is 101 cm³/mol. The van der Waals surface area contributed by atoms with E-state index in [0.29, 0.717) is 5.76 Å². The van der Waals surface area contributed by atoms with E-state index in [4.69, 9.17) is 4.42 Å². The van der Waals surface area contributed by atoms with E-state index >= 15 is 0 Å². The Bertz CT molecular complexity index is 876. The van der Waals surface area contributed by atoms with Gasteiger partial charge in [0, 0.05) is 56.6 Å². The van der Waals surface area contributed by atoms with Crippen LogP contribution in [0.15, 0.2) is 65.4 Å². The molecule has 5 heteroatoms. The van der Waals surface area contributed by atoms with Crippen LogP contribution in [0.1, 0.15) is 11.3 Å². The molecule has 0 spiro atoms. The van der Waals surface area contributed by atoms with Gasteiger partial charge in [0.05, 0.1) is 0 Å². The predicted octanol–water partition coefficient (Wildman–Crippen LogP) is 3.19. The van der Waals surface area contributed by atoms with Gasteiger partial charge in [0.25, 0.3) is 0 Å². The minimum Gasteiger partial charge on any atom is -0.457 e. The molecule has 1 amide bonds. The molecule has 132 valence electrons. The highest BCUT2D eigenvalue weighted by Gasteiger charge is 2.19. The van der Waals surface area contributed by atoms with Crippen molar-refractivity contribution in [3.63, 3.8) is 0 Å². The van der Waals surface area contributed by atoms with Gasteiger partial charge in [-0.1, -0.05) is 24.3 Å². The van der Waals surface area contributed by atoms with Gasteiger partial charge in [0.15, 0.2) is 0 Å². The summed E-state index contributed by atoms with van der Waals surface area (Å²) in [5.41, 5.74) is 2.04. The van der Waals surface area contributed by atoms with Crippen molar-refractivity contribution in [2.75, 3.05) is 26.2 Å². The van der Waals surface area contributed by atoms with E-state index in [0.717, 1.165) is 43.7 Å². The maximum Gasteiger partial charge on any atom is 0.246 e. The van der Waals surface area contributed by atoms with Gasteiger partial charge in [-0.15, -0.1) is 0 Å². The summed E-state index contributed by atoms with van der Waals surface area (Å²) >= 11 is 0. The average molecular weight is 347 g/mol. The summed E-state index contributed by atoms with van der Waals surface area (Å²) in [4.78, 5) is 20.8. The SMILES string of the molecule is O=C(/C=C/c1cc2ccccc2o1)N1CCN(Cc2cccnc2)CC1. The minimum absolute atomic E-state index is 0.0338. The maximum absolute atomic E-state index is 12.4. The van der Waals surface area contributed by atoms with Crippen LogP contribution in [0.5, 0.6) is 0 Å². The summed E-state index contributed by atoms with van der Waals surface area (Å²) in [6.45, 7) is 4.11. The van der Waals surface area contributed by atoms with Crippen LogP contribution in [0, 0.1) is 0 Å². The number of hydrogen-bond donors (Lipinski definition) is 0. The van der Waals surface area contributed by atoms with Crippen molar-refractivity contribution in [3.05, 3.63) is 72.3 Å². The molecule has 1 aliphatic heterocycles. The van der Waals surface area contributed by atoms with E-state index < -0.39 is 0 Å². The fourth-order valence-electron chi connectivity index (χ4n) is 3.22. The topological polar surface area (TPSA) is 49.6 Å². The van der Waals surface area contributed by atoms with Crippen LogP contribution in [0.2, 0.25) is 0 Å². The highest BCUT2D eigenvalue weighted by Crippen LogP contribution is 2.19. The third-order valence-electron chi connectivity index (χ3n) is 4.65. The minimum atomic E-state index is 0.0338. The number of benzene rings is 1. The van der Waals surface area contributed by atoms with Gasteiger partial charge in [-0.25, -0.2) is 0 Å². The molecule has 26 heavy (non-hydrogen) atoms. The third-order valence-corrected chi connectivity index (χ3v) is 4.65. The van der Waals surface area contributed by atoms with Crippen LogP contribution in [0.4, 0.5) is 0 Å². The lowest BCUT2D eigenvalue weighted by molar-refractivity contribution is -0.127. The highest BCUT2D eigenvalue weighted by atomic mass is 16.3. The van der Waals surface area contributed by atoms with E-state index in [1.165, 1.54) is 5.56 Å². The Morgan fingerprint density at radius 3 is 2.73 bits per heavy atom. The normalized spacial score (nSPS) is 15.8. The number of hydrogen-bond acceptors (Lipinski definition) is 4. The van der Waals surface area contributed by atoms with Crippen LogP contribution < -0.4 is 0 Å². The number of nitrogens with zero attached hydrogens (tertiary/aromatic N) is 3. The number of para-hydroxylation sites is 1. The molecule has 0 bridgehead atoms. The van der Waals surface area contributed by atoms with Crippen molar-refractivity contribution in [1.29, 1.82) is 0 Å². The monoisotopic (exact) mass is 347 g/mol. The average Bonchev–Trinajstić information content (AvgIpc) is 3.10. The molecule has 3 heterocycles. The maximum atomic E-state index is 12.4. The first-order chi connectivity index (χ1) is 12.8. The van der Waals surface area contributed by atoms with Crippen LogP contribution in [0.25, 0.3) is 17.0 Å². The molecule has 1 aromatic carbocycles. The first-order valence-electron chi connectivity index (χ1n) is 8.85. The molecule has 0 saturated carbocycles. The zero-order chi connectivity index (χ0) is 17.8. The lowest BCUT2D eigenvalue weighted by Crippen LogP contribution is -2.47. The second-order valence-electron chi connectivity index (χ2n) is 6.48. The molecule has 0 atom stereocenters. The smallest absolute Gasteiger partial charge is 0.246 e. The van der Waals surface area contributed by atoms with Gasteiger partial charge in [-0.2, -0.15) is 0 Å². The molecule has 0 N–H and O–H groups in total. The second kappa shape index (κ2) is 7.54. The van der Waals surface area contributed by atoms with Gasteiger partial charge in [0.2, 0.25) is 5.91 Å². The van der Waals surface area contributed by atoms with E-state index in [-0.39, 0.29) is 5.91 Å². The van der Waals surface area contributed by atoms with Crippen molar-refractivity contribution in [3.8, 4) is 0 Å². The molecule has 0 unspecified atom stereocenters. The van der Waals surface area contributed by atoms with Gasteiger partial charge < -0.3 is 9.32 Å². The Morgan fingerprint density at radius 1 is 1.12 bits per heavy atom. The third kappa shape index (κ3) is 3.83. The Hall–Kier alpha value is -2.92. The van der Waals surface area contributed by atoms with E-state index in [1.54, 1.807) is 18.3 Å². The van der Waals surface area contributed by atoms with E-state index in [1.807, 2.05) is 47.5 Å². The molecule has 1 fully saturated rings. The van der Waals surface area contributed by atoms with Crippen LogP contribution in [-0.2, 0) is 11.3 Å². The number of amides is 1. The van der Waals surface area contributed by atoms with E-state index in [9.17, 15) is 4.79 Å². The van der Waals surface area contributed by atoms with Gasteiger partial charge in [0.1, 0.15) is 11.3 Å². The fraction of sp³-hybridized carbons (Fsp3) is 0.238. The van der Waals surface area contributed by atoms with Crippen molar-refractivity contribution in [2.24, 2.45) is 0 Å². The number of furan rings is 1. The number of carbonyl (C=O) groups excluding carboxylic acids is 1. The fourth-order valence-corrected chi connectivity index (χ4v) is 3.22. The Labute approximate surface area is 152 Å². The summed E-state index contributed by atoms with van der Waals surface area (Å²) in [5, 5.41) is 1.05. The summed E-state index contributed by atoms with van der Waals surface area (Å²) in [7, 11) is 0. The van der Waals surface area contributed by atoms with E-state index in [2.05, 4.69) is 16.0 Å². The molecule has 4 rings (SSSR count). The number of rotatable bonds is 4. The summed E-state index contributed by atoms with van der Waals surface area (Å²) < 4.78 is 5.72. The van der Waals surface area contributed by atoms with Crippen molar-refractivity contribution in [2.45, 2.75) is 6.54 Å². The number of pyridine rings is 1. The second-order valence-corrected chi connectivity index (χ2v) is 6.48. The number of fused-ring (bicyclic) bond motifs is 1. The number of aromatic nitrogens is 1. The van der Waals surface area contributed by atoms with Gasteiger partial charge in [-0.3, -0.25) is 14.7 Å². The summed E-state index contributed by atoms with van der Waals surface area (Å²) in [6, 6.07) is 13.8. The molecular weight excluding hydrogens is 326 g/mol. The standard InChI is InChI=1S/C21H21N3O2/c25-21(8-7-19-14-18-5-1-2-6-20(18)26-19)24-12-10-23(11-13-24)16-17-4-3-9-22-15-17/h1-9,14-15H,10-13,16H2/b8-7+. The lowest BCUT2D eigenvalue weighted by atomic mass is 10.2. The number of carbonyl (C=O) groups is 1. The quantitative estimate of drug-likeness (QED) is 0.680. The molecule has 0 aliphatic carbocycles. The van der Waals surface area contributed by atoms with Crippen molar-refractivity contribution in [1.82, 2.24) is 14.8 Å². The zero-order valence-corrected chi connectivity index (χ0v) is 14.5. The molecule has 1 aliphatic rings. The van der Waals surface area contributed by atoms with Crippen LogP contribution in [0.3, 0.4) is 0 Å². The zero-order valence-electron chi connectivity index (χ0n) is 14.5. The first-order valence-corrected chi connectivity index (χ1v) is 8.85. The van der Waals surface area contributed by atoms with Crippen molar-refractivity contribution >= 4 is 23.0 Å². The molecular formula is C21H21N3O2. The summed E-state index contributed by atoms with van der Waals surface area (Å²) in [5.74, 6) is 0.737. The molecule has 3 aromatic rings. The van der Waals surface area contributed by atoms with Crippen LogP contribution >= 0.6 is 0 Å². The Morgan fingerprint density at radius 2 is 1.96 bits per heavy atom. The Kier molecular flexibility index (Phi) is 4.80. The molecule has 5 nitrogen and oxygen atoms in total. The van der Waals surface area contributed by atoms with Crippen LogP contribution in [-0.4, -0.2) is 46.9 Å². The first kappa shape index (κ1) is 16.5. The highest BCUT2D eigenvalue weighted by molar-refractivity contribution is 5.92. The van der Waals surface area contributed by atoms with Crippen molar-refractivity contribution < 1.29 is 9.21 Å².